The summed E-state index contributed by atoms with van der Waals surface area (Å²) in [6.45, 7) is 5.26. The van der Waals surface area contributed by atoms with Crippen molar-refractivity contribution in [2.75, 3.05) is 44.7 Å². The maximum Gasteiger partial charge on any atom is 0.262 e. The van der Waals surface area contributed by atoms with Gasteiger partial charge in [0.2, 0.25) is 0 Å². The van der Waals surface area contributed by atoms with Crippen LogP contribution >= 0.6 is 24.8 Å². The molecular formula is C24H27Cl2N5O2. The molecule has 0 amide bonds. The molecule has 0 N–H and O–H groups in total. The van der Waals surface area contributed by atoms with E-state index in [2.05, 4.69) is 31.9 Å². The SMILES string of the molecule is COc1cccc(N2CCN(CCn3cnc4c(cnc5ccccc54)c3=O)CC2)c1.Cl.Cl. The number of anilines is 1. The van der Waals surface area contributed by atoms with Gasteiger partial charge in [0.25, 0.3) is 5.56 Å². The van der Waals surface area contributed by atoms with Gasteiger partial charge in [0, 0.05) is 62.6 Å². The maximum absolute atomic E-state index is 13.0. The van der Waals surface area contributed by atoms with Crippen molar-refractivity contribution < 1.29 is 4.74 Å². The molecular weight excluding hydrogens is 461 g/mol. The minimum atomic E-state index is -0.0294. The van der Waals surface area contributed by atoms with Crippen LogP contribution in [0.5, 0.6) is 5.75 Å². The van der Waals surface area contributed by atoms with Crippen LogP contribution < -0.4 is 15.2 Å². The van der Waals surface area contributed by atoms with E-state index in [1.807, 2.05) is 36.4 Å². The molecule has 0 spiro atoms. The Labute approximate surface area is 204 Å². The molecule has 5 rings (SSSR count). The van der Waals surface area contributed by atoms with Crippen LogP contribution in [0.15, 0.2) is 65.8 Å². The van der Waals surface area contributed by atoms with Crippen LogP contribution in [0.25, 0.3) is 21.8 Å². The first-order valence-electron chi connectivity index (χ1n) is 10.6. The van der Waals surface area contributed by atoms with E-state index in [1.165, 1.54) is 5.69 Å². The fourth-order valence-corrected chi connectivity index (χ4v) is 4.20. The lowest BCUT2D eigenvalue weighted by molar-refractivity contribution is 0.247. The number of pyridine rings is 1. The molecule has 1 saturated heterocycles. The first kappa shape index (κ1) is 24.8. The van der Waals surface area contributed by atoms with Gasteiger partial charge >= 0.3 is 0 Å². The second-order valence-electron chi connectivity index (χ2n) is 7.81. The molecule has 0 saturated carbocycles. The summed E-state index contributed by atoms with van der Waals surface area (Å²) in [5.41, 5.74) is 2.74. The fourth-order valence-electron chi connectivity index (χ4n) is 4.20. The monoisotopic (exact) mass is 487 g/mol. The summed E-state index contributed by atoms with van der Waals surface area (Å²) in [6, 6.07) is 16.0. The summed E-state index contributed by atoms with van der Waals surface area (Å²) in [5, 5.41) is 1.49. The van der Waals surface area contributed by atoms with Crippen molar-refractivity contribution in [2.24, 2.45) is 0 Å². The normalized spacial score (nSPS) is 14.0. The van der Waals surface area contributed by atoms with E-state index >= 15 is 0 Å². The summed E-state index contributed by atoms with van der Waals surface area (Å²) in [6.07, 6.45) is 3.32. The van der Waals surface area contributed by atoms with Gasteiger partial charge in [0.15, 0.2) is 0 Å². The third-order valence-electron chi connectivity index (χ3n) is 6.01. The minimum Gasteiger partial charge on any atom is -0.497 e. The zero-order valence-corrected chi connectivity index (χ0v) is 20.0. The maximum atomic E-state index is 13.0. The number of ether oxygens (including phenoxy) is 1. The Morgan fingerprint density at radius 1 is 0.909 bits per heavy atom. The molecule has 0 aliphatic carbocycles. The highest BCUT2D eigenvalue weighted by Crippen LogP contribution is 2.22. The minimum absolute atomic E-state index is 0. The number of rotatable bonds is 5. The number of benzene rings is 2. The molecule has 0 atom stereocenters. The molecule has 1 aliphatic heterocycles. The first-order chi connectivity index (χ1) is 15.2. The van der Waals surface area contributed by atoms with Crippen LogP contribution in [0, 0.1) is 0 Å². The third-order valence-corrected chi connectivity index (χ3v) is 6.01. The molecule has 33 heavy (non-hydrogen) atoms. The topological polar surface area (TPSA) is 63.5 Å². The van der Waals surface area contributed by atoms with Crippen molar-refractivity contribution in [2.45, 2.75) is 6.54 Å². The standard InChI is InChI=1S/C24H25N5O2.2ClH/c1-31-19-6-4-5-18(15-19)28-12-9-27(10-13-28)11-14-29-17-26-23-20-7-2-3-8-22(20)25-16-21(23)24(29)30;;/h2-8,15-17H,9-14H2,1H3;2*1H. The smallest absolute Gasteiger partial charge is 0.262 e. The van der Waals surface area contributed by atoms with Crippen LogP contribution in [0.4, 0.5) is 5.69 Å². The van der Waals surface area contributed by atoms with Crippen LogP contribution in [0.2, 0.25) is 0 Å². The molecule has 3 heterocycles. The van der Waals surface area contributed by atoms with Gasteiger partial charge in [-0.25, -0.2) is 4.98 Å². The van der Waals surface area contributed by atoms with Crippen molar-refractivity contribution in [1.29, 1.82) is 0 Å². The number of hydrogen-bond acceptors (Lipinski definition) is 6. The summed E-state index contributed by atoms with van der Waals surface area (Å²) in [4.78, 5) is 26.8. The third kappa shape index (κ3) is 5.05. The molecule has 0 radical (unpaired) electrons. The van der Waals surface area contributed by atoms with Gasteiger partial charge in [0.1, 0.15) is 5.75 Å². The largest absolute Gasteiger partial charge is 0.497 e. The van der Waals surface area contributed by atoms with Gasteiger partial charge in [-0.3, -0.25) is 19.2 Å². The predicted octanol–water partition coefficient (Wildman–Crippen LogP) is 3.62. The Kier molecular flexibility index (Phi) is 8.13. The van der Waals surface area contributed by atoms with E-state index in [0.29, 0.717) is 11.9 Å². The number of aromatic nitrogens is 3. The second kappa shape index (κ2) is 10.8. The average molecular weight is 488 g/mol. The van der Waals surface area contributed by atoms with E-state index in [1.54, 1.807) is 24.2 Å². The lowest BCUT2D eigenvalue weighted by Gasteiger charge is -2.36. The fraction of sp³-hybridized carbons (Fsp3) is 0.292. The molecule has 7 nitrogen and oxygen atoms in total. The van der Waals surface area contributed by atoms with Crippen molar-refractivity contribution in [3.05, 3.63) is 71.4 Å². The highest BCUT2D eigenvalue weighted by molar-refractivity contribution is 6.02. The summed E-state index contributed by atoms with van der Waals surface area (Å²) < 4.78 is 7.04. The summed E-state index contributed by atoms with van der Waals surface area (Å²) in [5.74, 6) is 0.880. The van der Waals surface area contributed by atoms with Gasteiger partial charge in [-0.15, -0.1) is 24.8 Å². The van der Waals surface area contributed by atoms with Crippen LogP contribution in [0.3, 0.4) is 0 Å². The van der Waals surface area contributed by atoms with Crippen molar-refractivity contribution in [3.63, 3.8) is 0 Å². The molecule has 0 unspecified atom stereocenters. The Balaban J connectivity index is 0.00000153. The number of piperazine rings is 1. The van der Waals surface area contributed by atoms with Crippen molar-refractivity contribution in [1.82, 2.24) is 19.4 Å². The summed E-state index contributed by atoms with van der Waals surface area (Å²) in [7, 11) is 1.69. The number of hydrogen-bond donors (Lipinski definition) is 0. The lowest BCUT2D eigenvalue weighted by atomic mass is 10.1. The van der Waals surface area contributed by atoms with Gasteiger partial charge in [-0.05, 0) is 18.2 Å². The molecule has 2 aromatic heterocycles. The van der Waals surface area contributed by atoms with Crippen molar-refractivity contribution >= 4 is 52.3 Å². The first-order valence-corrected chi connectivity index (χ1v) is 10.6. The second-order valence-corrected chi connectivity index (χ2v) is 7.81. The van der Waals surface area contributed by atoms with Crippen LogP contribution in [-0.2, 0) is 6.54 Å². The number of nitrogens with zero attached hydrogens (tertiary/aromatic N) is 5. The van der Waals surface area contributed by atoms with E-state index in [-0.39, 0.29) is 30.4 Å². The number of halogens is 2. The zero-order chi connectivity index (χ0) is 21.2. The Morgan fingerprint density at radius 3 is 2.48 bits per heavy atom. The summed E-state index contributed by atoms with van der Waals surface area (Å²) >= 11 is 0. The molecule has 4 aromatic rings. The van der Waals surface area contributed by atoms with Gasteiger partial charge in [0.05, 0.1) is 29.9 Å². The van der Waals surface area contributed by atoms with Gasteiger partial charge < -0.3 is 9.64 Å². The number of fused-ring (bicyclic) bond motifs is 3. The van der Waals surface area contributed by atoms with Crippen LogP contribution in [-0.4, -0.2) is 59.3 Å². The highest BCUT2D eigenvalue weighted by atomic mass is 35.5. The van der Waals surface area contributed by atoms with E-state index in [0.717, 1.165) is 54.9 Å². The average Bonchev–Trinajstić information content (AvgIpc) is 2.84. The van der Waals surface area contributed by atoms with Crippen LogP contribution in [0.1, 0.15) is 0 Å². The van der Waals surface area contributed by atoms with E-state index < -0.39 is 0 Å². The molecule has 0 bridgehead atoms. The Morgan fingerprint density at radius 2 is 1.70 bits per heavy atom. The predicted molar refractivity (Wildman–Crippen MR) is 137 cm³/mol. The lowest BCUT2D eigenvalue weighted by Crippen LogP contribution is -2.47. The molecule has 174 valence electrons. The zero-order valence-electron chi connectivity index (χ0n) is 18.4. The molecule has 1 fully saturated rings. The van der Waals surface area contributed by atoms with Crippen molar-refractivity contribution in [3.8, 4) is 5.75 Å². The van der Waals surface area contributed by atoms with Gasteiger partial charge in [-0.2, -0.15) is 0 Å². The Hall–Kier alpha value is -2.87. The Bertz CT molecular complexity index is 1290. The molecule has 9 heteroatoms. The quantitative estimate of drug-likeness (QED) is 0.400. The highest BCUT2D eigenvalue weighted by Gasteiger charge is 2.18. The van der Waals surface area contributed by atoms with E-state index in [9.17, 15) is 4.79 Å². The molecule has 2 aromatic carbocycles. The van der Waals surface area contributed by atoms with Gasteiger partial charge in [-0.1, -0.05) is 24.3 Å². The number of methoxy groups -OCH3 is 1. The number of para-hydroxylation sites is 1. The van der Waals surface area contributed by atoms with E-state index in [4.69, 9.17) is 4.74 Å². The molecule has 1 aliphatic rings.